The molecule has 0 aliphatic heterocycles. The summed E-state index contributed by atoms with van der Waals surface area (Å²) in [5.74, 6) is 0. The van der Waals surface area contributed by atoms with Crippen molar-refractivity contribution in [2.75, 3.05) is 6.54 Å². The average molecular weight is 182 g/mol. The fourth-order valence-corrected chi connectivity index (χ4v) is 1.81. The molecule has 1 aliphatic rings. The number of hydrogen-bond acceptors (Lipinski definition) is 2. The van der Waals surface area contributed by atoms with Gasteiger partial charge in [-0.25, -0.2) is 0 Å². The summed E-state index contributed by atoms with van der Waals surface area (Å²) >= 11 is 0. The Labute approximate surface area is 81.6 Å². The SMILES string of the molecule is CCCCC(CN)NC1CC=CC1. The Bertz CT molecular complexity index is 146. The third kappa shape index (κ3) is 3.92. The lowest BCUT2D eigenvalue weighted by atomic mass is 10.1. The fraction of sp³-hybridized carbons (Fsp3) is 0.818. The molecular weight excluding hydrogens is 160 g/mol. The molecule has 0 spiro atoms. The van der Waals surface area contributed by atoms with Crippen molar-refractivity contribution in [2.24, 2.45) is 5.73 Å². The summed E-state index contributed by atoms with van der Waals surface area (Å²) in [4.78, 5) is 0. The van der Waals surface area contributed by atoms with Gasteiger partial charge in [0.15, 0.2) is 0 Å². The van der Waals surface area contributed by atoms with Crippen molar-refractivity contribution in [2.45, 2.75) is 51.1 Å². The fourth-order valence-electron chi connectivity index (χ4n) is 1.81. The highest BCUT2D eigenvalue weighted by Gasteiger charge is 2.14. The molecule has 0 aromatic rings. The first-order chi connectivity index (χ1) is 6.36. The Hall–Kier alpha value is -0.340. The van der Waals surface area contributed by atoms with Gasteiger partial charge in [-0.1, -0.05) is 31.9 Å². The lowest BCUT2D eigenvalue weighted by Gasteiger charge is -2.21. The summed E-state index contributed by atoms with van der Waals surface area (Å²) in [6, 6.07) is 1.19. The molecule has 76 valence electrons. The summed E-state index contributed by atoms with van der Waals surface area (Å²) in [6.45, 7) is 3.00. The van der Waals surface area contributed by atoms with Gasteiger partial charge in [0.2, 0.25) is 0 Å². The molecule has 1 rings (SSSR count). The van der Waals surface area contributed by atoms with Gasteiger partial charge in [0, 0.05) is 18.6 Å². The molecule has 1 unspecified atom stereocenters. The molecule has 1 atom stereocenters. The summed E-state index contributed by atoms with van der Waals surface area (Å²) in [6.07, 6.45) is 10.7. The van der Waals surface area contributed by atoms with E-state index in [1.807, 2.05) is 0 Å². The lowest BCUT2D eigenvalue weighted by molar-refractivity contribution is 0.412. The van der Waals surface area contributed by atoms with E-state index in [0.717, 1.165) is 6.54 Å². The van der Waals surface area contributed by atoms with Crippen LogP contribution in [0.3, 0.4) is 0 Å². The Kier molecular flexibility index (Phi) is 5.09. The highest BCUT2D eigenvalue weighted by molar-refractivity contribution is 4.98. The summed E-state index contributed by atoms with van der Waals surface area (Å²) in [7, 11) is 0. The molecule has 0 aromatic heterocycles. The second-order valence-corrected chi connectivity index (χ2v) is 3.88. The van der Waals surface area contributed by atoms with Crippen LogP contribution in [0.2, 0.25) is 0 Å². The Morgan fingerprint density at radius 1 is 1.46 bits per heavy atom. The molecule has 0 aromatic carbocycles. The van der Waals surface area contributed by atoms with Crippen molar-refractivity contribution >= 4 is 0 Å². The maximum absolute atomic E-state index is 5.71. The van der Waals surface area contributed by atoms with Crippen LogP contribution in [0.5, 0.6) is 0 Å². The largest absolute Gasteiger partial charge is 0.329 e. The Morgan fingerprint density at radius 2 is 2.15 bits per heavy atom. The minimum atomic E-state index is 0.532. The highest BCUT2D eigenvalue weighted by atomic mass is 15.0. The molecule has 0 heterocycles. The molecule has 0 radical (unpaired) electrons. The minimum absolute atomic E-state index is 0.532. The monoisotopic (exact) mass is 182 g/mol. The smallest absolute Gasteiger partial charge is 0.0193 e. The summed E-state index contributed by atoms with van der Waals surface area (Å²) in [5, 5.41) is 3.61. The van der Waals surface area contributed by atoms with Crippen LogP contribution in [0.1, 0.15) is 39.0 Å². The van der Waals surface area contributed by atoms with Gasteiger partial charge in [-0.05, 0) is 19.3 Å². The lowest BCUT2D eigenvalue weighted by Crippen LogP contribution is -2.41. The number of rotatable bonds is 6. The number of nitrogens with two attached hydrogens (primary N) is 1. The van der Waals surface area contributed by atoms with Crippen molar-refractivity contribution < 1.29 is 0 Å². The van der Waals surface area contributed by atoms with Crippen LogP contribution in [0.15, 0.2) is 12.2 Å². The van der Waals surface area contributed by atoms with Crippen LogP contribution >= 0.6 is 0 Å². The van der Waals surface area contributed by atoms with Gasteiger partial charge in [0.25, 0.3) is 0 Å². The second kappa shape index (κ2) is 6.17. The average Bonchev–Trinajstić information content (AvgIpc) is 2.64. The molecule has 1 aliphatic carbocycles. The van der Waals surface area contributed by atoms with Crippen LogP contribution in [0, 0.1) is 0 Å². The first-order valence-corrected chi connectivity index (χ1v) is 5.48. The Morgan fingerprint density at radius 3 is 2.69 bits per heavy atom. The van der Waals surface area contributed by atoms with E-state index in [2.05, 4.69) is 24.4 Å². The van der Waals surface area contributed by atoms with Gasteiger partial charge >= 0.3 is 0 Å². The normalized spacial score (nSPS) is 19.5. The standard InChI is InChI=1S/C11H22N2/c1-2-3-6-11(9-12)13-10-7-4-5-8-10/h4-5,10-11,13H,2-3,6-9,12H2,1H3. The van der Waals surface area contributed by atoms with Gasteiger partial charge in [-0.15, -0.1) is 0 Å². The molecule has 13 heavy (non-hydrogen) atoms. The van der Waals surface area contributed by atoms with Crippen molar-refractivity contribution in [1.82, 2.24) is 5.32 Å². The van der Waals surface area contributed by atoms with E-state index in [0.29, 0.717) is 12.1 Å². The molecule has 0 bridgehead atoms. The molecule has 2 heteroatoms. The van der Waals surface area contributed by atoms with E-state index < -0.39 is 0 Å². The van der Waals surface area contributed by atoms with Crippen molar-refractivity contribution in [3.05, 3.63) is 12.2 Å². The Balaban J connectivity index is 2.14. The quantitative estimate of drug-likeness (QED) is 0.615. The topological polar surface area (TPSA) is 38.0 Å². The number of unbranched alkanes of at least 4 members (excludes halogenated alkanes) is 1. The van der Waals surface area contributed by atoms with Gasteiger partial charge in [0.1, 0.15) is 0 Å². The van der Waals surface area contributed by atoms with E-state index in [1.165, 1.54) is 32.1 Å². The van der Waals surface area contributed by atoms with Crippen LogP contribution in [0.25, 0.3) is 0 Å². The van der Waals surface area contributed by atoms with Crippen LogP contribution < -0.4 is 11.1 Å². The molecule has 0 amide bonds. The molecule has 0 fully saturated rings. The molecule has 3 N–H and O–H groups in total. The maximum Gasteiger partial charge on any atom is 0.0193 e. The van der Waals surface area contributed by atoms with E-state index in [4.69, 9.17) is 5.73 Å². The van der Waals surface area contributed by atoms with E-state index >= 15 is 0 Å². The zero-order valence-electron chi connectivity index (χ0n) is 8.63. The van der Waals surface area contributed by atoms with Crippen LogP contribution in [-0.2, 0) is 0 Å². The second-order valence-electron chi connectivity index (χ2n) is 3.88. The van der Waals surface area contributed by atoms with Gasteiger partial charge in [-0.2, -0.15) is 0 Å². The first kappa shape index (κ1) is 10.7. The molecule has 0 saturated heterocycles. The van der Waals surface area contributed by atoms with Crippen molar-refractivity contribution in [3.63, 3.8) is 0 Å². The van der Waals surface area contributed by atoms with Gasteiger partial charge < -0.3 is 11.1 Å². The molecule has 0 saturated carbocycles. The summed E-state index contributed by atoms with van der Waals surface area (Å²) < 4.78 is 0. The number of hydrogen-bond donors (Lipinski definition) is 2. The predicted octanol–water partition coefficient (Wildman–Crippen LogP) is 1.81. The minimum Gasteiger partial charge on any atom is -0.329 e. The summed E-state index contributed by atoms with van der Waals surface area (Å²) in [5.41, 5.74) is 5.71. The van der Waals surface area contributed by atoms with E-state index in [1.54, 1.807) is 0 Å². The van der Waals surface area contributed by atoms with Crippen LogP contribution in [-0.4, -0.2) is 18.6 Å². The van der Waals surface area contributed by atoms with Gasteiger partial charge in [0.05, 0.1) is 0 Å². The zero-order chi connectivity index (χ0) is 9.52. The predicted molar refractivity (Wildman–Crippen MR) is 57.7 cm³/mol. The van der Waals surface area contributed by atoms with Crippen molar-refractivity contribution in [3.8, 4) is 0 Å². The van der Waals surface area contributed by atoms with Crippen molar-refractivity contribution in [1.29, 1.82) is 0 Å². The maximum atomic E-state index is 5.71. The number of nitrogens with one attached hydrogen (secondary N) is 1. The van der Waals surface area contributed by atoms with Gasteiger partial charge in [-0.3, -0.25) is 0 Å². The first-order valence-electron chi connectivity index (χ1n) is 5.48. The molecule has 2 nitrogen and oxygen atoms in total. The highest BCUT2D eigenvalue weighted by Crippen LogP contribution is 2.11. The third-order valence-electron chi connectivity index (χ3n) is 2.67. The third-order valence-corrected chi connectivity index (χ3v) is 2.67. The van der Waals surface area contributed by atoms with E-state index in [9.17, 15) is 0 Å². The zero-order valence-corrected chi connectivity index (χ0v) is 8.63. The van der Waals surface area contributed by atoms with Crippen LogP contribution in [0.4, 0.5) is 0 Å². The van der Waals surface area contributed by atoms with E-state index in [-0.39, 0.29) is 0 Å². The molecular formula is C11H22N2.